The largest absolute Gasteiger partial charge is 0.496 e. The highest BCUT2D eigenvalue weighted by molar-refractivity contribution is 5.94. The second-order valence-corrected chi connectivity index (χ2v) is 8.99. The molecule has 0 aliphatic heterocycles. The number of nitrogens with zero attached hydrogens (tertiary/aromatic N) is 2. The van der Waals surface area contributed by atoms with Crippen LogP contribution >= 0.6 is 0 Å². The fourth-order valence-electron chi connectivity index (χ4n) is 4.45. The number of amides is 1. The number of ether oxygens (including phenoxy) is 2. The summed E-state index contributed by atoms with van der Waals surface area (Å²) in [5.41, 5.74) is 2.78. The molecule has 4 rings (SSSR count). The van der Waals surface area contributed by atoms with Crippen LogP contribution in [0, 0.1) is 5.82 Å². The first kappa shape index (κ1) is 27.4. The zero-order chi connectivity index (χ0) is 27.8. The number of aromatic nitrogens is 2. The number of hydrogen-bond donors (Lipinski definition) is 2. The van der Waals surface area contributed by atoms with E-state index in [-0.39, 0.29) is 12.1 Å². The predicted molar refractivity (Wildman–Crippen MR) is 145 cm³/mol. The molecule has 0 saturated heterocycles. The van der Waals surface area contributed by atoms with Crippen LogP contribution in [0.5, 0.6) is 11.5 Å². The Hall–Kier alpha value is -4.66. The topological polar surface area (TPSA) is 103 Å². The zero-order valence-corrected chi connectivity index (χ0v) is 21.8. The van der Waals surface area contributed by atoms with Crippen molar-refractivity contribution in [3.63, 3.8) is 0 Å². The molecule has 1 aromatic heterocycles. The number of carboxylic acid groups (broad SMARTS) is 1. The van der Waals surface area contributed by atoms with Gasteiger partial charge in [0.1, 0.15) is 17.3 Å². The number of benzene rings is 3. The molecule has 2 N–H and O–H groups in total. The summed E-state index contributed by atoms with van der Waals surface area (Å²) in [4.78, 5) is 24.9. The van der Waals surface area contributed by atoms with Crippen molar-refractivity contribution in [2.75, 3.05) is 14.2 Å². The maximum atomic E-state index is 13.7. The van der Waals surface area contributed by atoms with Crippen molar-refractivity contribution in [1.29, 1.82) is 0 Å². The third-order valence-corrected chi connectivity index (χ3v) is 6.31. The Morgan fingerprint density at radius 1 is 0.974 bits per heavy atom. The van der Waals surface area contributed by atoms with Crippen molar-refractivity contribution < 1.29 is 28.6 Å². The van der Waals surface area contributed by atoms with Gasteiger partial charge in [0.15, 0.2) is 5.69 Å². The smallest absolute Gasteiger partial charge is 0.305 e. The first-order chi connectivity index (χ1) is 18.9. The lowest BCUT2D eigenvalue weighted by molar-refractivity contribution is -0.137. The van der Waals surface area contributed by atoms with Crippen molar-refractivity contribution in [1.82, 2.24) is 15.1 Å². The second-order valence-electron chi connectivity index (χ2n) is 8.99. The predicted octanol–water partition coefficient (Wildman–Crippen LogP) is 5.29. The number of carboxylic acids is 1. The lowest BCUT2D eigenvalue weighted by Crippen LogP contribution is -2.36. The van der Waals surface area contributed by atoms with E-state index >= 15 is 0 Å². The van der Waals surface area contributed by atoms with Gasteiger partial charge in [0.05, 0.1) is 37.6 Å². The van der Waals surface area contributed by atoms with Gasteiger partial charge in [-0.25, -0.2) is 9.07 Å². The maximum Gasteiger partial charge on any atom is 0.305 e. The van der Waals surface area contributed by atoms with Gasteiger partial charge < -0.3 is 19.9 Å². The van der Waals surface area contributed by atoms with Crippen LogP contribution in [0.1, 0.15) is 35.3 Å². The Morgan fingerprint density at radius 2 is 1.64 bits per heavy atom. The van der Waals surface area contributed by atoms with E-state index in [4.69, 9.17) is 9.47 Å². The summed E-state index contributed by atoms with van der Waals surface area (Å²) in [7, 11) is 3.05. The number of nitrogens with one attached hydrogen (secondary N) is 1. The number of aliphatic carboxylic acids is 1. The standard InChI is InChI=1S/C30H30FN3O5/c1-38-26-12-7-13-27(39-2)29(26)25-19-24(33-34(25)23-16-14-21(31)15-17-23)30(37)32-22(18-28(35)36)11-6-10-20-8-4-3-5-9-20/h3-5,7-9,12-17,19,22H,6,10-11,18H2,1-2H3,(H,32,37)(H,35,36)/t22-/m0/s1. The monoisotopic (exact) mass is 531 g/mol. The Labute approximate surface area is 226 Å². The van der Waals surface area contributed by atoms with E-state index in [1.807, 2.05) is 30.3 Å². The van der Waals surface area contributed by atoms with Crippen molar-refractivity contribution >= 4 is 11.9 Å². The highest BCUT2D eigenvalue weighted by Crippen LogP contribution is 2.39. The van der Waals surface area contributed by atoms with Gasteiger partial charge in [-0.2, -0.15) is 5.10 Å². The Bertz CT molecular complexity index is 1400. The van der Waals surface area contributed by atoms with E-state index in [1.54, 1.807) is 36.4 Å². The van der Waals surface area contributed by atoms with Crippen LogP contribution in [-0.2, 0) is 11.2 Å². The Balaban J connectivity index is 1.65. The van der Waals surface area contributed by atoms with Crippen molar-refractivity contribution in [3.8, 4) is 28.4 Å². The summed E-state index contributed by atoms with van der Waals surface area (Å²) in [5, 5.41) is 16.8. The molecule has 0 aliphatic rings. The van der Waals surface area contributed by atoms with Crippen molar-refractivity contribution in [2.24, 2.45) is 0 Å². The van der Waals surface area contributed by atoms with Gasteiger partial charge >= 0.3 is 5.97 Å². The van der Waals surface area contributed by atoms with Gasteiger partial charge in [0.25, 0.3) is 5.91 Å². The number of hydrogen-bond acceptors (Lipinski definition) is 5. The first-order valence-corrected chi connectivity index (χ1v) is 12.5. The van der Waals surface area contributed by atoms with E-state index in [1.165, 1.54) is 31.0 Å². The van der Waals surface area contributed by atoms with Crippen molar-refractivity contribution in [2.45, 2.75) is 31.7 Å². The van der Waals surface area contributed by atoms with E-state index in [9.17, 15) is 19.1 Å². The Morgan fingerprint density at radius 3 is 2.26 bits per heavy atom. The van der Waals surface area contributed by atoms with Crippen molar-refractivity contribution in [3.05, 3.63) is 95.9 Å². The molecular weight excluding hydrogens is 501 g/mol. The van der Waals surface area contributed by atoms with Crippen LogP contribution in [0.15, 0.2) is 78.9 Å². The number of rotatable bonds is 12. The summed E-state index contributed by atoms with van der Waals surface area (Å²) >= 11 is 0. The van der Waals surface area contributed by atoms with Gasteiger partial charge in [0.2, 0.25) is 0 Å². The average Bonchev–Trinajstić information content (AvgIpc) is 3.38. The molecule has 1 heterocycles. The third-order valence-electron chi connectivity index (χ3n) is 6.31. The number of methoxy groups -OCH3 is 2. The van der Waals surface area contributed by atoms with Crippen LogP contribution in [0.4, 0.5) is 4.39 Å². The fourth-order valence-corrected chi connectivity index (χ4v) is 4.45. The molecule has 0 aliphatic carbocycles. The minimum Gasteiger partial charge on any atom is -0.496 e. The average molecular weight is 532 g/mol. The van der Waals surface area contributed by atoms with Crippen LogP contribution in [0.2, 0.25) is 0 Å². The zero-order valence-electron chi connectivity index (χ0n) is 21.8. The first-order valence-electron chi connectivity index (χ1n) is 12.5. The van der Waals surface area contributed by atoms with Crippen LogP contribution in [-0.4, -0.2) is 47.0 Å². The SMILES string of the molecule is COc1cccc(OC)c1-c1cc(C(=O)N[C@@H](CCCc2ccccc2)CC(=O)O)nn1-c1ccc(F)cc1. The molecule has 0 spiro atoms. The molecule has 9 heteroatoms. The molecule has 8 nitrogen and oxygen atoms in total. The second kappa shape index (κ2) is 12.7. The Kier molecular flexibility index (Phi) is 8.94. The normalized spacial score (nSPS) is 11.6. The number of carbonyl (C=O) groups is 2. The molecule has 4 aromatic rings. The number of carbonyl (C=O) groups excluding carboxylic acids is 1. The highest BCUT2D eigenvalue weighted by Gasteiger charge is 2.24. The molecule has 1 amide bonds. The van der Waals surface area contributed by atoms with Crippen LogP contribution in [0.3, 0.4) is 0 Å². The fraction of sp³-hybridized carbons (Fsp3) is 0.233. The molecular formula is C30H30FN3O5. The van der Waals surface area contributed by atoms with Gasteiger partial charge in [0, 0.05) is 6.04 Å². The van der Waals surface area contributed by atoms with E-state index < -0.39 is 23.7 Å². The van der Waals surface area contributed by atoms with E-state index in [0.29, 0.717) is 41.3 Å². The highest BCUT2D eigenvalue weighted by atomic mass is 19.1. The van der Waals surface area contributed by atoms with Gasteiger partial charge in [-0.15, -0.1) is 0 Å². The number of halogens is 1. The summed E-state index contributed by atoms with van der Waals surface area (Å²) < 4.78 is 26.3. The lowest BCUT2D eigenvalue weighted by atomic mass is 10.0. The van der Waals surface area contributed by atoms with Gasteiger partial charge in [-0.3, -0.25) is 9.59 Å². The summed E-state index contributed by atoms with van der Waals surface area (Å²) in [6.07, 6.45) is 1.74. The minimum atomic E-state index is -1.00. The molecule has 0 bridgehead atoms. The summed E-state index contributed by atoms with van der Waals surface area (Å²) in [6.45, 7) is 0. The minimum absolute atomic E-state index is 0.0701. The molecule has 0 unspecified atom stereocenters. The molecule has 1 atom stereocenters. The van der Waals surface area contributed by atoms with E-state index in [0.717, 1.165) is 12.0 Å². The third kappa shape index (κ3) is 6.81. The van der Waals surface area contributed by atoms with Gasteiger partial charge in [-0.1, -0.05) is 36.4 Å². The molecule has 0 saturated carbocycles. The quantitative estimate of drug-likeness (QED) is 0.258. The molecule has 202 valence electrons. The van der Waals surface area contributed by atoms with Gasteiger partial charge in [-0.05, 0) is 67.3 Å². The van der Waals surface area contributed by atoms with E-state index in [2.05, 4.69) is 10.4 Å². The maximum absolute atomic E-state index is 13.7. The molecule has 0 radical (unpaired) electrons. The summed E-state index contributed by atoms with van der Waals surface area (Å²) in [6, 6.07) is 21.9. The van der Waals surface area contributed by atoms with Crippen LogP contribution < -0.4 is 14.8 Å². The van der Waals surface area contributed by atoms with Crippen LogP contribution in [0.25, 0.3) is 16.9 Å². The molecule has 3 aromatic carbocycles. The molecule has 39 heavy (non-hydrogen) atoms. The summed E-state index contributed by atoms with van der Waals surface area (Å²) in [5.74, 6) is -0.941. The molecule has 0 fully saturated rings. The lowest BCUT2D eigenvalue weighted by Gasteiger charge is -2.16. The number of aryl methyl sites for hydroxylation is 1.